The Balaban J connectivity index is 1.88. The Morgan fingerprint density at radius 2 is 1.39 bits per heavy atom. The topological polar surface area (TPSA) is 25.8 Å². The van der Waals surface area contributed by atoms with E-state index in [0.29, 0.717) is 0 Å². The van der Waals surface area contributed by atoms with Crippen LogP contribution < -0.4 is 0 Å². The molecular weight excluding hydrogens is 476 g/mol. The van der Waals surface area contributed by atoms with E-state index in [4.69, 9.17) is 9.97 Å². The van der Waals surface area contributed by atoms with Crippen molar-refractivity contribution in [1.82, 2.24) is 9.97 Å². The third-order valence-electron chi connectivity index (χ3n) is 4.79. The predicted octanol–water partition coefficient (Wildman–Crippen LogP) is 7.64. The molecule has 0 aliphatic carbocycles. The zero-order chi connectivity index (χ0) is 19.1. The maximum Gasteiger partial charge on any atom is 0.160 e. The number of benzene rings is 4. The molecule has 134 valence electrons. The second-order valence-electron chi connectivity index (χ2n) is 6.60. The van der Waals surface area contributed by atoms with Gasteiger partial charge in [-0.05, 0) is 35.7 Å². The lowest BCUT2D eigenvalue weighted by Crippen LogP contribution is -1.96. The van der Waals surface area contributed by atoms with E-state index >= 15 is 0 Å². The van der Waals surface area contributed by atoms with Crippen LogP contribution in [0.1, 0.15) is 0 Å². The largest absolute Gasteiger partial charge is 0.227 e. The van der Waals surface area contributed by atoms with Crippen molar-refractivity contribution in [3.8, 4) is 22.6 Å². The normalized spacial score (nSPS) is 11.2. The molecule has 0 unspecified atom stereocenters. The molecule has 0 saturated heterocycles. The highest BCUT2D eigenvalue weighted by molar-refractivity contribution is 9.10. The molecular formula is C24H14Br2N2. The number of fused-ring (bicyclic) bond motifs is 3. The SMILES string of the molecule is Brc1ccc(-c2nc(-c3cccc(Br)c3)nc3c2ccc2ccccc23)cc1. The van der Waals surface area contributed by atoms with Crippen LogP contribution in [0.15, 0.2) is 93.9 Å². The molecule has 5 aromatic rings. The van der Waals surface area contributed by atoms with Crippen LogP contribution in [-0.4, -0.2) is 9.97 Å². The first-order valence-corrected chi connectivity index (χ1v) is 10.5. The van der Waals surface area contributed by atoms with E-state index in [1.54, 1.807) is 0 Å². The minimum atomic E-state index is 0.725. The fourth-order valence-electron chi connectivity index (χ4n) is 3.45. The number of hydrogen-bond acceptors (Lipinski definition) is 2. The highest BCUT2D eigenvalue weighted by Gasteiger charge is 2.13. The van der Waals surface area contributed by atoms with E-state index in [1.165, 1.54) is 5.39 Å². The van der Waals surface area contributed by atoms with Crippen molar-refractivity contribution in [2.45, 2.75) is 0 Å². The first-order chi connectivity index (χ1) is 13.7. The van der Waals surface area contributed by atoms with Crippen molar-refractivity contribution in [1.29, 1.82) is 0 Å². The number of nitrogens with zero attached hydrogens (tertiary/aromatic N) is 2. The van der Waals surface area contributed by atoms with Crippen LogP contribution in [0.2, 0.25) is 0 Å². The van der Waals surface area contributed by atoms with Crippen molar-refractivity contribution in [2.24, 2.45) is 0 Å². The van der Waals surface area contributed by atoms with Gasteiger partial charge in [0.05, 0.1) is 11.2 Å². The van der Waals surface area contributed by atoms with E-state index in [9.17, 15) is 0 Å². The van der Waals surface area contributed by atoms with Crippen LogP contribution in [0.3, 0.4) is 0 Å². The van der Waals surface area contributed by atoms with Crippen molar-refractivity contribution < 1.29 is 0 Å². The Kier molecular flexibility index (Phi) is 4.46. The van der Waals surface area contributed by atoms with Gasteiger partial charge in [-0.2, -0.15) is 0 Å². The molecule has 0 amide bonds. The summed E-state index contributed by atoms with van der Waals surface area (Å²) in [5.41, 5.74) is 3.98. The van der Waals surface area contributed by atoms with Gasteiger partial charge in [-0.25, -0.2) is 9.97 Å². The molecule has 0 N–H and O–H groups in total. The van der Waals surface area contributed by atoms with Crippen LogP contribution in [0.4, 0.5) is 0 Å². The lowest BCUT2D eigenvalue weighted by atomic mass is 10.0. The Morgan fingerprint density at radius 3 is 2.21 bits per heavy atom. The third kappa shape index (κ3) is 3.13. The van der Waals surface area contributed by atoms with Crippen LogP contribution in [0.5, 0.6) is 0 Å². The van der Waals surface area contributed by atoms with Crippen molar-refractivity contribution in [2.75, 3.05) is 0 Å². The summed E-state index contributed by atoms with van der Waals surface area (Å²) in [6.45, 7) is 0. The lowest BCUT2D eigenvalue weighted by Gasteiger charge is -2.12. The summed E-state index contributed by atoms with van der Waals surface area (Å²) in [5.74, 6) is 0.725. The quantitative estimate of drug-likeness (QED) is 0.238. The highest BCUT2D eigenvalue weighted by Crippen LogP contribution is 2.34. The maximum absolute atomic E-state index is 4.98. The average Bonchev–Trinajstić information content (AvgIpc) is 2.73. The van der Waals surface area contributed by atoms with E-state index in [1.807, 2.05) is 30.3 Å². The summed E-state index contributed by atoms with van der Waals surface area (Å²) in [6, 6.07) is 29.0. The summed E-state index contributed by atoms with van der Waals surface area (Å²) < 4.78 is 2.06. The van der Waals surface area contributed by atoms with E-state index < -0.39 is 0 Å². The first-order valence-electron chi connectivity index (χ1n) is 8.90. The first kappa shape index (κ1) is 17.5. The van der Waals surface area contributed by atoms with Crippen LogP contribution in [-0.2, 0) is 0 Å². The standard InChI is InChI=1S/C24H14Br2N2/c25-18-11-8-16(9-12-18)22-21-13-10-15-4-1-2-7-20(15)23(21)28-24(27-22)17-5-3-6-19(26)14-17/h1-14H. The van der Waals surface area contributed by atoms with Crippen molar-refractivity contribution in [3.05, 3.63) is 93.9 Å². The van der Waals surface area contributed by atoms with Gasteiger partial charge in [0.2, 0.25) is 0 Å². The summed E-state index contributed by atoms with van der Waals surface area (Å²) in [5, 5.41) is 3.37. The monoisotopic (exact) mass is 488 g/mol. The Bertz CT molecular complexity index is 1330. The van der Waals surface area contributed by atoms with Gasteiger partial charge in [-0.1, -0.05) is 86.5 Å². The smallest absolute Gasteiger partial charge is 0.160 e. The number of halogens is 2. The van der Waals surface area contributed by atoms with Gasteiger partial charge in [0.25, 0.3) is 0 Å². The zero-order valence-corrected chi connectivity index (χ0v) is 17.9. The molecule has 0 spiro atoms. The molecule has 0 bridgehead atoms. The second kappa shape index (κ2) is 7.12. The molecule has 1 heterocycles. The fourth-order valence-corrected chi connectivity index (χ4v) is 4.11. The Hall–Kier alpha value is -2.56. The van der Waals surface area contributed by atoms with E-state index in [0.717, 1.165) is 47.9 Å². The van der Waals surface area contributed by atoms with Gasteiger partial charge in [-0.15, -0.1) is 0 Å². The summed E-state index contributed by atoms with van der Waals surface area (Å²) in [6.07, 6.45) is 0. The predicted molar refractivity (Wildman–Crippen MR) is 123 cm³/mol. The van der Waals surface area contributed by atoms with E-state index in [-0.39, 0.29) is 0 Å². The molecule has 0 saturated carbocycles. The molecule has 1 aromatic heterocycles. The van der Waals surface area contributed by atoms with Crippen LogP contribution in [0, 0.1) is 0 Å². The number of aromatic nitrogens is 2. The molecule has 0 aliphatic heterocycles. The van der Waals surface area contributed by atoms with Gasteiger partial charge in [0.15, 0.2) is 5.82 Å². The minimum Gasteiger partial charge on any atom is -0.227 e. The van der Waals surface area contributed by atoms with E-state index in [2.05, 4.69) is 86.5 Å². The highest BCUT2D eigenvalue weighted by atomic mass is 79.9. The summed E-state index contributed by atoms with van der Waals surface area (Å²) in [4.78, 5) is 9.95. The van der Waals surface area contributed by atoms with Gasteiger partial charge >= 0.3 is 0 Å². The molecule has 0 atom stereocenters. The summed E-state index contributed by atoms with van der Waals surface area (Å²) in [7, 11) is 0. The van der Waals surface area contributed by atoms with Gasteiger partial charge in [0.1, 0.15) is 0 Å². The average molecular weight is 490 g/mol. The Labute approximate surface area is 179 Å². The molecule has 5 rings (SSSR count). The Morgan fingerprint density at radius 1 is 0.571 bits per heavy atom. The van der Waals surface area contributed by atoms with Crippen LogP contribution >= 0.6 is 31.9 Å². The molecule has 4 heteroatoms. The number of hydrogen-bond donors (Lipinski definition) is 0. The molecule has 0 radical (unpaired) electrons. The molecule has 2 nitrogen and oxygen atoms in total. The van der Waals surface area contributed by atoms with Gasteiger partial charge < -0.3 is 0 Å². The molecule has 28 heavy (non-hydrogen) atoms. The summed E-state index contributed by atoms with van der Waals surface area (Å²) >= 11 is 7.08. The zero-order valence-electron chi connectivity index (χ0n) is 14.7. The molecule has 4 aromatic carbocycles. The number of rotatable bonds is 2. The minimum absolute atomic E-state index is 0.725. The van der Waals surface area contributed by atoms with Gasteiger partial charge in [0, 0.05) is 30.8 Å². The molecule has 0 aliphatic rings. The van der Waals surface area contributed by atoms with Gasteiger partial charge in [-0.3, -0.25) is 0 Å². The second-order valence-corrected chi connectivity index (χ2v) is 8.43. The molecule has 0 fully saturated rings. The third-order valence-corrected chi connectivity index (χ3v) is 5.81. The fraction of sp³-hybridized carbons (Fsp3) is 0. The lowest BCUT2D eigenvalue weighted by molar-refractivity contribution is 1.23. The van der Waals surface area contributed by atoms with Crippen molar-refractivity contribution in [3.63, 3.8) is 0 Å². The van der Waals surface area contributed by atoms with Crippen LogP contribution in [0.25, 0.3) is 44.3 Å². The van der Waals surface area contributed by atoms with Crippen molar-refractivity contribution >= 4 is 53.5 Å². The maximum atomic E-state index is 4.98.